The molecule has 0 atom stereocenters. The molecule has 0 fully saturated rings. The van der Waals surface area contributed by atoms with E-state index in [0.29, 0.717) is 0 Å². The maximum Gasteiger partial charge on any atom is 0.0881 e. The molecular formula is C17H17N3. The summed E-state index contributed by atoms with van der Waals surface area (Å²) in [5, 5.41) is 0. The number of hydrogen-bond donors (Lipinski definition) is 1. The lowest BCUT2D eigenvalue weighted by molar-refractivity contribution is 1.11. The van der Waals surface area contributed by atoms with E-state index in [1.165, 1.54) is 22.4 Å². The maximum absolute atomic E-state index is 4.26. The van der Waals surface area contributed by atoms with Crippen molar-refractivity contribution in [3.8, 4) is 0 Å². The average molecular weight is 263 g/mol. The molecule has 0 saturated carbocycles. The largest absolute Gasteiger partial charge is 0.360 e. The Morgan fingerprint density at radius 2 is 1.80 bits per heavy atom. The third-order valence-electron chi connectivity index (χ3n) is 3.54. The molecular weight excluding hydrogens is 246 g/mol. The highest BCUT2D eigenvalue weighted by Gasteiger charge is 2.06. The predicted octanol–water partition coefficient (Wildman–Crippen LogP) is 3.83. The van der Waals surface area contributed by atoms with Gasteiger partial charge in [0, 0.05) is 25.0 Å². The van der Waals surface area contributed by atoms with Crippen LogP contribution in [0.5, 0.6) is 0 Å². The number of rotatable bonds is 0. The second kappa shape index (κ2) is 5.29. The normalized spacial score (nSPS) is 12.1. The number of hydrogen-bond acceptors (Lipinski definition) is 2. The standard InChI is InChI=1S/C9H9N.C8H8N2/c1-7-5-6-10-9-4-2-3-8(7)9;1-6-2-4-9-7-3-5-10-8(6)7/h2-3,5-6H,4H2,1H3;2-5,10H,1H3. The molecule has 0 saturated heterocycles. The molecule has 3 aromatic rings. The molecule has 1 aliphatic carbocycles. The number of allylic oxidation sites excluding steroid dienone is 1. The summed E-state index contributed by atoms with van der Waals surface area (Å²) >= 11 is 0. The topological polar surface area (TPSA) is 41.6 Å². The third kappa shape index (κ3) is 2.35. The van der Waals surface area contributed by atoms with Gasteiger partial charge in [-0.15, -0.1) is 0 Å². The van der Waals surface area contributed by atoms with E-state index in [1.54, 1.807) is 0 Å². The molecule has 1 N–H and O–H groups in total. The van der Waals surface area contributed by atoms with Gasteiger partial charge in [0.15, 0.2) is 0 Å². The van der Waals surface area contributed by atoms with Crippen molar-refractivity contribution < 1.29 is 0 Å². The Kier molecular flexibility index (Phi) is 3.33. The van der Waals surface area contributed by atoms with Crippen LogP contribution in [0.4, 0.5) is 0 Å². The molecule has 0 unspecified atom stereocenters. The van der Waals surface area contributed by atoms with Crippen molar-refractivity contribution in [1.29, 1.82) is 0 Å². The number of aromatic nitrogens is 3. The van der Waals surface area contributed by atoms with Gasteiger partial charge in [-0.25, -0.2) is 0 Å². The van der Waals surface area contributed by atoms with Crippen molar-refractivity contribution in [2.75, 3.05) is 0 Å². The monoisotopic (exact) mass is 263 g/mol. The highest BCUT2D eigenvalue weighted by atomic mass is 14.7. The number of aromatic amines is 1. The highest BCUT2D eigenvalue weighted by molar-refractivity contribution is 5.77. The first-order valence-electron chi connectivity index (χ1n) is 6.75. The molecule has 0 spiro atoms. The van der Waals surface area contributed by atoms with Crippen LogP contribution in [0.2, 0.25) is 0 Å². The van der Waals surface area contributed by atoms with Crippen LogP contribution >= 0.6 is 0 Å². The van der Waals surface area contributed by atoms with Gasteiger partial charge >= 0.3 is 0 Å². The number of nitrogens with zero attached hydrogens (tertiary/aromatic N) is 2. The smallest absolute Gasteiger partial charge is 0.0881 e. The molecule has 3 heterocycles. The maximum atomic E-state index is 4.26. The van der Waals surface area contributed by atoms with Crippen LogP contribution in [0, 0.1) is 13.8 Å². The average Bonchev–Trinajstić information content (AvgIpc) is 3.08. The van der Waals surface area contributed by atoms with Crippen LogP contribution in [-0.4, -0.2) is 15.0 Å². The van der Waals surface area contributed by atoms with Gasteiger partial charge in [-0.05, 0) is 48.7 Å². The van der Waals surface area contributed by atoms with Crippen LogP contribution in [-0.2, 0) is 6.42 Å². The predicted molar refractivity (Wildman–Crippen MR) is 82.5 cm³/mol. The minimum absolute atomic E-state index is 1.01. The Balaban J connectivity index is 0.000000121. The molecule has 0 aromatic carbocycles. The second-order valence-corrected chi connectivity index (χ2v) is 4.96. The molecule has 20 heavy (non-hydrogen) atoms. The third-order valence-corrected chi connectivity index (χ3v) is 3.54. The zero-order valence-electron chi connectivity index (χ0n) is 11.7. The lowest BCUT2D eigenvalue weighted by Crippen LogP contribution is -1.88. The fourth-order valence-electron chi connectivity index (χ4n) is 2.40. The highest BCUT2D eigenvalue weighted by Crippen LogP contribution is 2.19. The van der Waals surface area contributed by atoms with Gasteiger partial charge in [0.1, 0.15) is 0 Å². The Morgan fingerprint density at radius 1 is 1.00 bits per heavy atom. The summed E-state index contributed by atoms with van der Waals surface area (Å²) in [5.74, 6) is 0. The number of H-pyrrole nitrogens is 1. The van der Waals surface area contributed by atoms with E-state index >= 15 is 0 Å². The number of fused-ring (bicyclic) bond motifs is 2. The number of nitrogens with one attached hydrogen (secondary N) is 1. The summed E-state index contributed by atoms with van der Waals surface area (Å²) < 4.78 is 0. The fourth-order valence-corrected chi connectivity index (χ4v) is 2.40. The molecule has 0 bridgehead atoms. The van der Waals surface area contributed by atoms with Gasteiger partial charge in [0.05, 0.1) is 16.7 Å². The van der Waals surface area contributed by atoms with Crippen molar-refractivity contribution in [3.63, 3.8) is 0 Å². The molecule has 0 amide bonds. The van der Waals surface area contributed by atoms with E-state index in [1.807, 2.05) is 30.7 Å². The van der Waals surface area contributed by atoms with Crippen molar-refractivity contribution in [3.05, 3.63) is 65.2 Å². The molecule has 0 aliphatic heterocycles. The fraction of sp³-hybridized carbons (Fsp3) is 0.176. The zero-order chi connectivity index (χ0) is 13.9. The summed E-state index contributed by atoms with van der Waals surface area (Å²) in [6.07, 6.45) is 10.9. The van der Waals surface area contributed by atoms with E-state index < -0.39 is 0 Å². The molecule has 100 valence electrons. The van der Waals surface area contributed by atoms with Crippen LogP contribution in [0.25, 0.3) is 17.1 Å². The van der Waals surface area contributed by atoms with E-state index in [0.717, 1.165) is 17.5 Å². The summed E-state index contributed by atoms with van der Waals surface area (Å²) in [6.45, 7) is 4.19. The van der Waals surface area contributed by atoms with Gasteiger partial charge in [-0.2, -0.15) is 0 Å². The van der Waals surface area contributed by atoms with Crippen LogP contribution in [0.3, 0.4) is 0 Å². The van der Waals surface area contributed by atoms with Crippen molar-refractivity contribution >= 4 is 17.1 Å². The van der Waals surface area contributed by atoms with Gasteiger partial charge < -0.3 is 4.98 Å². The van der Waals surface area contributed by atoms with Crippen molar-refractivity contribution in [2.24, 2.45) is 0 Å². The van der Waals surface area contributed by atoms with Gasteiger partial charge in [-0.1, -0.05) is 12.2 Å². The molecule has 3 aromatic heterocycles. The lowest BCUT2D eigenvalue weighted by Gasteiger charge is -1.98. The second-order valence-electron chi connectivity index (χ2n) is 4.96. The van der Waals surface area contributed by atoms with Gasteiger partial charge in [0.2, 0.25) is 0 Å². The van der Waals surface area contributed by atoms with Crippen LogP contribution in [0.1, 0.15) is 22.4 Å². The van der Waals surface area contributed by atoms with E-state index in [4.69, 9.17) is 0 Å². The Morgan fingerprint density at radius 3 is 2.60 bits per heavy atom. The minimum Gasteiger partial charge on any atom is -0.360 e. The van der Waals surface area contributed by atoms with E-state index in [2.05, 4.69) is 47.0 Å². The van der Waals surface area contributed by atoms with Crippen molar-refractivity contribution in [1.82, 2.24) is 15.0 Å². The summed E-state index contributed by atoms with van der Waals surface area (Å²) in [7, 11) is 0. The molecule has 3 heteroatoms. The number of pyridine rings is 2. The molecule has 0 radical (unpaired) electrons. The van der Waals surface area contributed by atoms with Crippen LogP contribution < -0.4 is 0 Å². The van der Waals surface area contributed by atoms with Crippen LogP contribution in [0.15, 0.2) is 42.9 Å². The summed E-state index contributed by atoms with van der Waals surface area (Å²) in [6, 6.07) is 6.02. The molecule has 3 nitrogen and oxygen atoms in total. The van der Waals surface area contributed by atoms with E-state index in [-0.39, 0.29) is 0 Å². The van der Waals surface area contributed by atoms with Crippen molar-refractivity contribution in [2.45, 2.75) is 20.3 Å². The van der Waals surface area contributed by atoms with Gasteiger partial charge in [-0.3, -0.25) is 9.97 Å². The Bertz CT molecular complexity index is 769. The molecule has 1 aliphatic rings. The minimum atomic E-state index is 1.01. The Hall–Kier alpha value is -2.42. The summed E-state index contributed by atoms with van der Waals surface area (Å²) in [5.41, 5.74) is 7.30. The van der Waals surface area contributed by atoms with Gasteiger partial charge in [0.25, 0.3) is 0 Å². The first kappa shape index (κ1) is 12.6. The number of aryl methyl sites for hydroxylation is 2. The zero-order valence-corrected chi connectivity index (χ0v) is 11.7. The van der Waals surface area contributed by atoms with E-state index in [9.17, 15) is 0 Å². The first-order valence-corrected chi connectivity index (χ1v) is 6.75. The SMILES string of the molecule is Cc1ccnc2c1C=CC2.Cc1ccnc2cc[nH]c12. The lowest BCUT2D eigenvalue weighted by atomic mass is 10.1. The first-order chi connectivity index (χ1) is 9.75. The summed E-state index contributed by atoms with van der Waals surface area (Å²) in [4.78, 5) is 11.6. The Labute approximate surface area is 118 Å². The quantitative estimate of drug-likeness (QED) is 0.669. The molecule has 4 rings (SSSR count).